The average molecular weight is 377 g/mol. The topological polar surface area (TPSA) is 73.3 Å². The molecule has 1 saturated carbocycles. The fourth-order valence-electron chi connectivity index (χ4n) is 2.80. The van der Waals surface area contributed by atoms with E-state index in [0.29, 0.717) is 51.5 Å². The second-order valence-corrected chi connectivity index (χ2v) is 6.99. The lowest BCUT2D eigenvalue weighted by Crippen LogP contribution is -2.33. The number of methoxy groups -OCH3 is 1. The molecule has 2 aliphatic rings. The first kappa shape index (κ1) is 19.8. The maximum Gasteiger partial charge on any atom is 0.196 e. The van der Waals surface area contributed by atoms with Gasteiger partial charge in [0.15, 0.2) is 17.5 Å². The third-order valence-electron chi connectivity index (χ3n) is 4.59. The molecule has 0 saturated heterocycles. The number of hydrogen-bond acceptors (Lipinski definition) is 5. The molecular formula is C20H31N3O4. The van der Waals surface area contributed by atoms with Crippen LogP contribution in [0.1, 0.15) is 26.2 Å². The highest BCUT2D eigenvalue weighted by molar-refractivity contribution is 5.94. The predicted octanol–water partition coefficient (Wildman–Crippen LogP) is 2.67. The quantitative estimate of drug-likeness (QED) is 0.392. The van der Waals surface area contributed by atoms with E-state index in [1.807, 2.05) is 18.2 Å². The molecule has 7 heteroatoms. The van der Waals surface area contributed by atoms with Crippen LogP contribution in [0.2, 0.25) is 0 Å². The zero-order chi connectivity index (χ0) is 18.9. The number of anilines is 1. The molecule has 1 fully saturated rings. The number of nitrogens with one attached hydrogen (secondary N) is 2. The van der Waals surface area contributed by atoms with Crippen molar-refractivity contribution in [2.24, 2.45) is 10.9 Å². The molecule has 1 aromatic rings. The predicted molar refractivity (Wildman–Crippen MR) is 106 cm³/mol. The van der Waals surface area contributed by atoms with Gasteiger partial charge in [0.2, 0.25) is 0 Å². The fraction of sp³-hybridized carbons (Fsp3) is 0.650. The van der Waals surface area contributed by atoms with Crippen molar-refractivity contribution in [3.63, 3.8) is 0 Å². The Balaban J connectivity index is 1.54. The summed E-state index contributed by atoms with van der Waals surface area (Å²) < 4.78 is 21.9. The second kappa shape index (κ2) is 10.4. The Morgan fingerprint density at radius 2 is 2.00 bits per heavy atom. The van der Waals surface area contributed by atoms with Gasteiger partial charge in [0, 0.05) is 44.5 Å². The molecule has 7 nitrogen and oxygen atoms in total. The maximum atomic E-state index is 5.77. The van der Waals surface area contributed by atoms with Crippen molar-refractivity contribution in [3.8, 4) is 11.5 Å². The Bertz CT molecular complexity index is 623. The van der Waals surface area contributed by atoms with Crippen molar-refractivity contribution in [1.29, 1.82) is 0 Å². The Morgan fingerprint density at radius 3 is 2.78 bits per heavy atom. The van der Waals surface area contributed by atoms with Gasteiger partial charge in [-0.25, -0.2) is 0 Å². The molecule has 0 spiro atoms. The van der Waals surface area contributed by atoms with Crippen LogP contribution in [0.25, 0.3) is 0 Å². The third kappa shape index (κ3) is 6.59. The number of nitrogens with zero attached hydrogens (tertiary/aromatic N) is 1. The summed E-state index contributed by atoms with van der Waals surface area (Å²) in [6, 6.07) is 6.41. The summed E-state index contributed by atoms with van der Waals surface area (Å²) in [5, 5.41) is 6.89. The monoisotopic (exact) mass is 377 g/mol. The van der Waals surface area contributed by atoms with Gasteiger partial charge in [-0.15, -0.1) is 0 Å². The highest BCUT2D eigenvalue weighted by Crippen LogP contribution is 2.32. The molecular weight excluding hydrogens is 346 g/mol. The van der Waals surface area contributed by atoms with Gasteiger partial charge in [-0.3, -0.25) is 4.99 Å². The van der Waals surface area contributed by atoms with Crippen LogP contribution < -0.4 is 20.1 Å². The standard InChI is InChI=1S/C20H31N3O4/c1-15-13-17(15)23-20(21-7-3-8-25-12-11-24-2)22-16-5-6-18-19(14-16)27-10-4-9-26-18/h5-6,14-15,17H,3-4,7-13H2,1-2H3,(H2,21,22,23). The van der Waals surface area contributed by atoms with Gasteiger partial charge >= 0.3 is 0 Å². The summed E-state index contributed by atoms with van der Waals surface area (Å²) in [6.07, 6.45) is 2.96. The van der Waals surface area contributed by atoms with E-state index in [0.717, 1.165) is 36.0 Å². The van der Waals surface area contributed by atoms with Crippen LogP contribution in [0, 0.1) is 5.92 Å². The van der Waals surface area contributed by atoms with Gasteiger partial charge in [0.25, 0.3) is 0 Å². The van der Waals surface area contributed by atoms with Crippen molar-refractivity contribution in [1.82, 2.24) is 5.32 Å². The van der Waals surface area contributed by atoms with Crippen molar-refractivity contribution >= 4 is 11.6 Å². The van der Waals surface area contributed by atoms with E-state index >= 15 is 0 Å². The van der Waals surface area contributed by atoms with Crippen LogP contribution in [-0.4, -0.2) is 58.7 Å². The van der Waals surface area contributed by atoms with E-state index in [9.17, 15) is 0 Å². The molecule has 3 rings (SSSR count). The minimum Gasteiger partial charge on any atom is -0.490 e. The molecule has 0 radical (unpaired) electrons. The Labute approximate surface area is 161 Å². The molecule has 1 aliphatic carbocycles. The minimum absolute atomic E-state index is 0.495. The molecule has 2 atom stereocenters. The van der Waals surface area contributed by atoms with Gasteiger partial charge in [0.05, 0.1) is 26.4 Å². The van der Waals surface area contributed by atoms with E-state index in [-0.39, 0.29) is 0 Å². The zero-order valence-electron chi connectivity index (χ0n) is 16.3. The number of aliphatic imine (C=N–C) groups is 1. The van der Waals surface area contributed by atoms with Crippen molar-refractivity contribution in [2.45, 2.75) is 32.2 Å². The Hall–Kier alpha value is -1.99. The first-order valence-electron chi connectivity index (χ1n) is 9.80. The van der Waals surface area contributed by atoms with E-state index in [1.165, 1.54) is 6.42 Å². The highest BCUT2D eigenvalue weighted by Gasteiger charge is 2.33. The molecule has 0 bridgehead atoms. The molecule has 2 N–H and O–H groups in total. The van der Waals surface area contributed by atoms with Crippen LogP contribution in [0.3, 0.4) is 0 Å². The molecule has 2 unspecified atom stereocenters. The number of ether oxygens (including phenoxy) is 4. The lowest BCUT2D eigenvalue weighted by atomic mass is 10.2. The van der Waals surface area contributed by atoms with Crippen molar-refractivity contribution in [2.75, 3.05) is 52.0 Å². The number of fused-ring (bicyclic) bond motifs is 1. The van der Waals surface area contributed by atoms with E-state index in [1.54, 1.807) is 7.11 Å². The third-order valence-corrected chi connectivity index (χ3v) is 4.59. The largest absolute Gasteiger partial charge is 0.490 e. The van der Waals surface area contributed by atoms with E-state index < -0.39 is 0 Å². The number of rotatable bonds is 9. The van der Waals surface area contributed by atoms with Gasteiger partial charge < -0.3 is 29.6 Å². The molecule has 0 amide bonds. The first-order chi connectivity index (χ1) is 13.3. The van der Waals surface area contributed by atoms with Crippen LogP contribution in [0.15, 0.2) is 23.2 Å². The van der Waals surface area contributed by atoms with Gasteiger partial charge in [0.1, 0.15) is 0 Å². The molecule has 27 heavy (non-hydrogen) atoms. The number of guanidine groups is 1. The smallest absolute Gasteiger partial charge is 0.196 e. The number of hydrogen-bond donors (Lipinski definition) is 2. The SMILES string of the molecule is COCCOCCCN=C(Nc1ccc2c(c1)OCCCO2)NC1CC1C. The molecule has 1 aliphatic heterocycles. The van der Waals surface area contributed by atoms with Crippen molar-refractivity contribution in [3.05, 3.63) is 18.2 Å². The highest BCUT2D eigenvalue weighted by atomic mass is 16.5. The summed E-state index contributed by atoms with van der Waals surface area (Å²) in [5.74, 6) is 3.07. The van der Waals surface area contributed by atoms with Gasteiger partial charge in [-0.05, 0) is 30.9 Å². The summed E-state index contributed by atoms with van der Waals surface area (Å²) in [6.45, 7) is 6.25. The molecule has 0 aromatic heterocycles. The first-order valence-corrected chi connectivity index (χ1v) is 9.80. The van der Waals surface area contributed by atoms with E-state index in [4.69, 9.17) is 23.9 Å². The fourth-order valence-corrected chi connectivity index (χ4v) is 2.80. The van der Waals surface area contributed by atoms with Crippen LogP contribution in [0.5, 0.6) is 11.5 Å². The molecule has 1 heterocycles. The lowest BCUT2D eigenvalue weighted by Gasteiger charge is -2.14. The summed E-state index contributed by atoms with van der Waals surface area (Å²) in [4.78, 5) is 4.69. The van der Waals surface area contributed by atoms with Gasteiger partial charge in [-0.1, -0.05) is 6.92 Å². The molecule has 1 aromatic carbocycles. The Morgan fingerprint density at radius 1 is 1.19 bits per heavy atom. The maximum absolute atomic E-state index is 5.77. The summed E-state index contributed by atoms with van der Waals surface area (Å²) >= 11 is 0. The average Bonchev–Trinajstić information content (AvgIpc) is 3.41. The summed E-state index contributed by atoms with van der Waals surface area (Å²) in [5.41, 5.74) is 0.940. The second-order valence-electron chi connectivity index (χ2n) is 6.99. The summed E-state index contributed by atoms with van der Waals surface area (Å²) in [7, 11) is 1.68. The van der Waals surface area contributed by atoms with E-state index in [2.05, 4.69) is 17.6 Å². The zero-order valence-corrected chi connectivity index (χ0v) is 16.3. The van der Waals surface area contributed by atoms with Gasteiger partial charge in [-0.2, -0.15) is 0 Å². The molecule has 150 valence electrons. The van der Waals surface area contributed by atoms with Crippen LogP contribution >= 0.6 is 0 Å². The minimum atomic E-state index is 0.495. The lowest BCUT2D eigenvalue weighted by molar-refractivity contribution is 0.0702. The van der Waals surface area contributed by atoms with Crippen LogP contribution in [-0.2, 0) is 9.47 Å². The van der Waals surface area contributed by atoms with Crippen molar-refractivity contribution < 1.29 is 18.9 Å². The van der Waals surface area contributed by atoms with Crippen LogP contribution in [0.4, 0.5) is 5.69 Å². The number of benzene rings is 1. The normalized spacial score (nSPS) is 21.5. The Kier molecular flexibility index (Phi) is 7.59.